The van der Waals surface area contributed by atoms with E-state index in [1.165, 1.54) is 6.07 Å². The Kier molecular flexibility index (Phi) is 5.41. The summed E-state index contributed by atoms with van der Waals surface area (Å²) in [7, 11) is 1.21. The van der Waals surface area contributed by atoms with Gasteiger partial charge in [-0.2, -0.15) is 0 Å². The lowest BCUT2D eigenvalue weighted by atomic mass is 9.98. The predicted octanol–water partition coefficient (Wildman–Crippen LogP) is 4.41. The van der Waals surface area contributed by atoms with E-state index in [9.17, 15) is 13.2 Å². The smallest absolute Gasteiger partial charge is 0.341 e. The summed E-state index contributed by atoms with van der Waals surface area (Å²) in [5.41, 5.74) is -0.161. The Labute approximate surface area is 137 Å². The number of rotatable bonds is 3. The van der Waals surface area contributed by atoms with Crippen LogP contribution in [0.2, 0.25) is 10.0 Å². The Bertz CT molecular complexity index is 652. The lowest BCUT2D eigenvalue weighted by Gasteiger charge is -2.22. The van der Waals surface area contributed by atoms with Gasteiger partial charge < -0.3 is 4.74 Å². The van der Waals surface area contributed by atoms with E-state index in [0.717, 1.165) is 38.2 Å². The van der Waals surface area contributed by atoms with Gasteiger partial charge in [-0.15, -0.1) is 0 Å². The van der Waals surface area contributed by atoms with Crippen molar-refractivity contribution in [1.29, 1.82) is 0 Å². The summed E-state index contributed by atoms with van der Waals surface area (Å²) < 4.78 is 28.2. The number of esters is 1. The SMILES string of the molecule is O=C(OC1CCCCC1)c1c(Cl)ccc(S(=O)(=O)Cl)c1Cl. The van der Waals surface area contributed by atoms with E-state index in [-0.39, 0.29) is 26.6 Å². The van der Waals surface area contributed by atoms with Crippen molar-refractivity contribution in [3.05, 3.63) is 27.7 Å². The predicted molar refractivity (Wildman–Crippen MR) is 81.8 cm³/mol. The second kappa shape index (κ2) is 6.73. The number of halogens is 3. The zero-order valence-electron chi connectivity index (χ0n) is 10.9. The summed E-state index contributed by atoms with van der Waals surface area (Å²) in [4.78, 5) is 11.8. The van der Waals surface area contributed by atoms with E-state index in [1.807, 2.05) is 0 Å². The summed E-state index contributed by atoms with van der Waals surface area (Å²) in [5.74, 6) is -0.723. The van der Waals surface area contributed by atoms with E-state index >= 15 is 0 Å². The summed E-state index contributed by atoms with van der Waals surface area (Å²) in [5, 5.41) is -0.275. The third-order valence-corrected chi connectivity index (χ3v) is 5.53. The van der Waals surface area contributed by atoms with Gasteiger partial charge in [0.1, 0.15) is 11.0 Å². The fraction of sp³-hybridized carbons (Fsp3) is 0.462. The minimum Gasteiger partial charge on any atom is -0.459 e. The van der Waals surface area contributed by atoms with Crippen molar-refractivity contribution in [2.24, 2.45) is 0 Å². The second-order valence-corrected chi connectivity index (χ2v) is 8.16. The molecule has 2 rings (SSSR count). The van der Waals surface area contributed by atoms with Gasteiger partial charge in [-0.25, -0.2) is 13.2 Å². The van der Waals surface area contributed by atoms with Crippen LogP contribution in [-0.2, 0) is 13.8 Å². The molecule has 0 aromatic heterocycles. The molecule has 1 aromatic carbocycles. The third-order valence-electron chi connectivity index (χ3n) is 3.35. The number of hydrogen-bond donors (Lipinski definition) is 0. The first-order valence-electron chi connectivity index (χ1n) is 6.44. The minimum absolute atomic E-state index is 0.0323. The standard InChI is InChI=1S/C13H13Cl3O4S/c14-9-6-7-10(21(16,18)19)12(15)11(9)13(17)20-8-4-2-1-3-5-8/h6-8H,1-5H2. The zero-order valence-corrected chi connectivity index (χ0v) is 14.0. The molecule has 0 atom stereocenters. The molecule has 0 heterocycles. The number of benzene rings is 1. The topological polar surface area (TPSA) is 60.4 Å². The molecule has 21 heavy (non-hydrogen) atoms. The maximum atomic E-state index is 12.2. The summed E-state index contributed by atoms with van der Waals surface area (Å²) in [6.45, 7) is 0. The molecule has 8 heteroatoms. The average molecular weight is 372 g/mol. The van der Waals surface area contributed by atoms with E-state index in [0.29, 0.717) is 0 Å². The number of ether oxygens (including phenoxy) is 1. The van der Waals surface area contributed by atoms with Gasteiger partial charge in [-0.05, 0) is 37.8 Å². The Morgan fingerprint density at radius 2 is 1.76 bits per heavy atom. The van der Waals surface area contributed by atoms with Crippen LogP contribution in [0.4, 0.5) is 0 Å². The Balaban J connectivity index is 2.32. The van der Waals surface area contributed by atoms with Gasteiger partial charge in [-0.1, -0.05) is 29.6 Å². The Morgan fingerprint density at radius 3 is 2.33 bits per heavy atom. The molecule has 1 aromatic rings. The normalized spacial score (nSPS) is 16.7. The van der Waals surface area contributed by atoms with Gasteiger partial charge in [0.15, 0.2) is 0 Å². The van der Waals surface area contributed by atoms with Crippen LogP contribution in [-0.4, -0.2) is 20.5 Å². The molecular formula is C13H13Cl3O4S. The molecular weight excluding hydrogens is 359 g/mol. The monoisotopic (exact) mass is 370 g/mol. The minimum atomic E-state index is -4.07. The third kappa shape index (κ3) is 4.03. The first kappa shape index (κ1) is 16.9. The fourth-order valence-corrected chi connectivity index (χ4v) is 4.18. The van der Waals surface area contributed by atoms with Gasteiger partial charge in [0.2, 0.25) is 0 Å². The molecule has 4 nitrogen and oxygen atoms in total. The number of carbonyl (C=O) groups is 1. The largest absolute Gasteiger partial charge is 0.459 e. The van der Waals surface area contributed by atoms with Crippen LogP contribution in [0.5, 0.6) is 0 Å². The Hall–Kier alpha value is -0.490. The molecule has 0 unspecified atom stereocenters. The van der Waals surface area contributed by atoms with Crippen molar-refractivity contribution >= 4 is 48.9 Å². The Morgan fingerprint density at radius 1 is 1.14 bits per heavy atom. The van der Waals surface area contributed by atoms with Crippen LogP contribution in [0.15, 0.2) is 17.0 Å². The van der Waals surface area contributed by atoms with Crippen LogP contribution < -0.4 is 0 Å². The summed E-state index contributed by atoms with van der Waals surface area (Å²) in [6, 6.07) is 2.42. The highest BCUT2D eigenvalue weighted by Crippen LogP contribution is 2.34. The molecule has 0 amide bonds. The van der Waals surface area contributed by atoms with E-state index in [4.69, 9.17) is 38.6 Å². The fourth-order valence-electron chi connectivity index (χ4n) is 2.30. The van der Waals surface area contributed by atoms with Gasteiger partial charge in [0.25, 0.3) is 9.05 Å². The highest BCUT2D eigenvalue weighted by molar-refractivity contribution is 8.13. The molecule has 1 aliphatic carbocycles. The molecule has 1 saturated carbocycles. The molecule has 1 aliphatic rings. The van der Waals surface area contributed by atoms with Crippen molar-refractivity contribution in [2.75, 3.05) is 0 Å². The van der Waals surface area contributed by atoms with Crippen molar-refractivity contribution in [1.82, 2.24) is 0 Å². The van der Waals surface area contributed by atoms with Crippen LogP contribution >= 0.6 is 33.9 Å². The van der Waals surface area contributed by atoms with Crippen molar-refractivity contribution in [3.8, 4) is 0 Å². The highest BCUT2D eigenvalue weighted by atomic mass is 35.7. The molecule has 0 aliphatic heterocycles. The van der Waals surface area contributed by atoms with E-state index < -0.39 is 15.0 Å². The maximum absolute atomic E-state index is 12.2. The van der Waals surface area contributed by atoms with Gasteiger partial charge in [0, 0.05) is 10.7 Å². The molecule has 0 spiro atoms. The van der Waals surface area contributed by atoms with Gasteiger partial charge in [0.05, 0.1) is 15.6 Å². The number of hydrogen-bond acceptors (Lipinski definition) is 4. The first-order valence-corrected chi connectivity index (χ1v) is 9.51. The van der Waals surface area contributed by atoms with Crippen LogP contribution in [0, 0.1) is 0 Å². The molecule has 0 radical (unpaired) electrons. The molecule has 0 saturated heterocycles. The average Bonchev–Trinajstić information content (AvgIpc) is 2.38. The maximum Gasteiger partial charge on any atom is 0.341 e. The first-order chi connectivity index (χ1) is 9.80. The summed E-state index contributed by atoms with van der Waals surface area (Å²) in [6.07, 6.45) is 4.50. The van der Waals surface area contributed by atoms with Crippen LogP contribution in [0.25, 0.3) is 0 Å². The lowest BCUT2D eigenvalue weighted by Crippen LogP contribution is -2.21. The van der Waals surface area contributed by atoms with Gasteiger partial charge in [-0.3, -0.25) is 0 Å². The van der Waals surface area contributed by atoms with Crippen molar-refractivity contribution in [3.63, 3.8) is 0 Å². The van der Waals surface area contributed by atoms with Crippen molar-refractivity contribution in [2.45, 2.75) is 43.1 Å². The summed E-state index contributed by atoms with van der Waals surface area (Å²) >= 11 is 11.9. The van der Waals surface area contributed by atoms with Crippen LogP contribution in [0.1, 0.15) is 42.5 Å². The lowest BCUT2D eigenvalue weighted by molar-refractivity contribution is 0.0211. The van der Waals surface area contributed by atoms with Crippen LogP contribution in [0.3, 0.4) is 0 Å². The quantitative estimate of drug-likeness (QED) is 0.583. The van der Waals surface area contributed by atoms with E-state index in [2.05, 4.69) is 0 Å². The molecule has 116 valence electrons. The molecule has 0 N–H and O–H groups in total. The second-order valence-electron chi connectivity index (χ2n) is 4.84. The van der Waals surface area contributed by atoms with Crippen molar-refractivity contribution < 1.29 is 17.9 Å². The molecule has 0 bridgehead atoms. The number of carbonyl (C=O) groups excluding carboxylic acids is 1. The van der Waals surface area contributed by atoms with Gasteiger partial charge >= 0.3 is 5.97 Å². The molecule has 1 fully saturated rings. The van der Waals surface area contributed by atoms with E-state index in [1.54, 1.807) is 0 Å². The highest BCUT2D eigenvalue weighted by Gasteiger charge is 2.26. The zero-order chi connectivity index (χ0) is 15.6.